The van der Waals surface area contributed by atoms with Gasteiger partial charge >= 0.3 is 0 Å². The highest BCUT2D eigenvalue weighted by molar-refractivity contribution is 7.10. The van der Waals surface area contributed by atoms with Gasteiger partial charge in [0.15, 0.2) is 0 Å². The number of nitrogens with one attached hydrogen (secondary N) is 1. The number of aliphatic hydroxyl groups is 1. The predicted octanol–water partition coefficient (Wildman–Crippen LogP) is 1.77. The van der Waals surface area contributed by atoms with Crippen LogP contribution >= 0.6 is 11.3 Å². The summed E-state index contributed by atoms with van der Waals surface area (Å²) < 4.78 is 0. The van der Waals surface area contributed by atoms with E-state index in [0.717, 1.165) is 43.8 Å². The van der Waals surface area contributed by atoms with Crippen LogP contribution in [0.1, 0.15) is 36.7 Å². The van der Waals surface area contributed by atoms with Crippen molar-refractivity contribution in [1.29, 1.82) is 0 Å². The Morgan fingerprint density at radius 2 is 2.20 bits per heavy atom. The molecule has 2 aliphatic rings. The van der Waals surface area contributed by atoms with Crippen molar-refractivity contribution >= 4 is 17.2 Å². The van der Waals surface area contributed by atoms with Gasteiger partial charge in [-0.15, -0.1) is 11.3 Å². The molecule has 2 saturated heterocycles. The van der Waals surface area contributed by atoms with E-state index in [1.54, 1.807) is 11.3 Å². The van der Waals surface area contributed by atoms with Crippen molar-refractivity contribution < 1.29 is 9.90 Å². The van der Waals surface area contributed by atoms with Crippen LogP contribution in [0.2, 0.25) is 0 Å². The van der Waals surface area contributed by atoms with Crippen LogP contribution in [0, 0.1) is 5.41 Å². The van der Waals surface area contributed by atoms with E-state index in [2.05, 4.69) is 5.32 Å². The maximum absolute atomic E-state index is 12.1. The van der Waals surface area contributed by atoms with E-state index in [-0.39, 0.29) is 11.3 Å². The highest BCUT2D eigenvalue weighted by Crippen LogP contribution is 2.39. The number of β-amino-alcohol motifs (C(OH)–C–C–N with tert-alkyl or cyclic N) is 1. The topological polar surface area (TPSA) is 52.6 Å². The van der Waals surface area contributed by atoms with Gasteiger partial charge in [0.05, 0.1) is 6.54 Å². The molecule has 4 nitrogen and oxygen atoms in total. The Kier molecular flexibility index (Phi) is 4.10. The van der Waals surface area contributed by atoms with E-state index < -0.39 is 6.10 Å². The Morgan fingerprint density at radius 1 is 1.40 bits per heavy atom. The Balaban J connectivity index is 1.66. The number of hydrogen-bond acceptors (Lipinski definition) is 4. The van der Waals surface area contributed by atoms with Gasteiger partial charge in [-0.3, -0.25) is 4.79 Å². The number of nitrogens with zero attached hydrogens (tertiary/aromatic N) is 1. The van der Waals surface area contributed by atoms with Crippen LogP contribution in [0.4, 0.5) is 0 Å². The van der Waals surface area contributed by atoms with Crippen LogP contribution in [-0.4, -0.2) is 42.1 Å². The molecule has 110 valence electrons. The van der Waals surface area contributed by atoms with Crippen molar-refractivity contribution in [3.63, 3.8) is 0 Å². The van der Waals surface area contributed by atoms with Gasteiger partial charge in [-0.05, 0) is 49.2 Å². The normalized spacial score (nSPS) is 24.1. The lowest BCUT2D eigenvalue weighted by molar-refractivity contribution is -0.140. The summed E-state index contributed by atoms with van der Waals surface area (Å²) in [5.41, 5.74) is 0.286. The molecule has 1 atom stereocenters. The summed E-state index contributed by atoms with van der Waals surface area (Å²) >= 11 is 1.55. The van der Waals surface area contributed by atoms with Gasteiger partial charge in [0.2, 0.25) is 5.91 Å². The van der Waals surface area contributed by atoms with E-state index in [1.165, 1.54) is 0 Å². The van der Waals surface area contributed by atoms with Gasteiger partial charge in [-0.25, -0.2) is 0 Å². The van der Waals surface area contributed by atoms with Crippen molar-refractivity contribution in [3.05, 3.63) is 22.4 Å². The fourth-order valence-electron chi connectivity index (χ4n) is 3.41. The summed E-state index contributed by atoms with van der Waals surface area (Å²) in [6.45, 7) is 3.36. The highest BCUT2D eigenvalue weighted by atomic mass is 32.1. The Morgan fingerprint density at radius 3 is 2.90 bits per heavy atom. The SMILES string of the molecule is O=C1CCC2(CCNCC2)CN1CC(O)c1cccs1. The van der Waals surface area contributed by atoms with E-state index >= 15 is 0 Å². The maximum Gasteiger partial charge on any atom is 0.222 e. The molecule has 1 spiro atoms. The van der Waals surface area contributed by atoms with E-state index in [1.807, 2.05) is 22.4 Å². The zero-order valence-corrected chi connectivity index (χ0v) is 12.5. The highest BCUT2D eigenvalue weighted by Gasteiger charge is 2.39. The minimum atomic E-state index is -0.546. The molecular formula is C15H22N2O2S. The predicted molar refractivity (Wildman–Crippen MR) is 79.6 cm³/mol. The van der Waals surface area contributed by atoms with Crippen molar-refractivity contribution in [2.24, 2.45) is 5.41 Å². The first-order chi connectivity index (χ1) is 9.69. The lowest BCUT2D eigenvalue weighted by atomic mass is 9.72. The van der Waals surface area contributed by atoms with E-state index in [0.29, 0.717) is 13.0 Å². The number of rotatable bonds is 3. The molecule has 1 aromatic rings. The van der Waals surface area contributed by atoms with Crippen LogP contribution in [0.15, 0.2) is 17.5 Å². The molecule has 0 radical (unpaired) electrons. The van der Waals surface area contributed by atoms with Crippen LogP contribution in [0.3, 0.4) is 0 Å². The van der Waals surface area contributed by atoms with Crippen LogP contribution in [-0.2, 0) is 4.79 Å². The second-order valence-electron chi connectivity index (χ2n) is 6.06. The monoisotopic (exact) mass is 294 g/mol. The smallest absolute Gasteiger partial charge is 0.222 e. The maximum atomic E-state index is 12.1. The first-order valence-electron chi connectivity index (χ1n) is 7.39. The third kappa shape index (κ3) is 2.90. The Bertz CT molecular complexity index is 454. The van der Waals surface area contributed by atoms with Crippen molar-refractivity contribution in [2.45, 2.75) is 31.8 Å². The van der Waals surface area contributed by atoms with Gasteiger partial charge in [0.25, 0.3) is 0 Å². The zero-order chi connectivity index (χ0) is 14.0. The number of thiophene rings is 1. The summed E-state index contributed by atoms with van der Waals surface area (Å²) in [6, 6.07) is 3.87. The molecule has 0 aromatic carbocycles. The quantitative estimate of drug-likeness (QED) is 0.893. The summed E-state index contributed by atoms with van der Waals surface area (Å²) in [7, 11) is 0. The number of piperidine rings is 2. The van der Waals surface area contributed by atoms with Crippen molar-refractivity contribution in [3.8, 4) is 0 Å². The Hall–Kier alpha value is -0.910. The molecule has 5 heteroatoms. The molecule has 1 amide bonds. The first kappa shape index (κ1) is 14.0. The lowest BCUT2D eigenvalue weighted by Gasteiger charge is -2.45. The molecule has 0 bridgehead atoms. The average Bonchev–Trinajstić information content (AvgIpc) is 2.98. The fourth-order valence-corrected chi connectivity index (χ4v) is 4.12. The molecule has 3 rings (SSSR count). The van der Waals surface area contributed by atoms with Gasteiger partial charge in [-0.2, -0.15) is 0 Å². The molecule has 2 aliphatic heterocycles. The van der Waals surface area contributed by atoms with Crippen LogP contribution in [0.25, 0.3) is 0 Å². The number of amides is 1. The molecule has 3 heterocycles. The molecule has 0 aliphatic carbocycles. The molecular weight excluding hydrogens is 272 g/mol. The molecule has 20 heavy (non-hydrogen) atoms. The molecule has 0 saturated carbocycles. The lowest BCUT2D eigenvalue weighted by Crippen LogP contribution is -2.51. The van der Waals surface area contributed by atoms with Gasteiger partial charge in [0, 0.05) is 17.8 Å². The molecule has 2 fully saturated rings. The van der Waals surface area contributed by atoms with Gasteiger partial charge in [-0.1, -0.05) is 6.07 Å². The van der Waals surface area contributed by atoms with Crippen molar-refractivity contribution in [2.75, 3.05) is 26.2 Å². The number of aliphatic hydroxyl groups excluding tert-OH is 1. The molecule has 2 N–H and O–H groups in total. The third-order valence-electron chi connectivity index (χ3n) is 4.68. The number of carbonyl (C=O) groups is 1. The summed E-state index contributed by atoms with van der Waals surface area (Å²) in [6.07, 6.45) is 3.39. The minimum absolute atomic E-state index is 0.199. The second kappa shape index (κ2) is 5.84. The first-order valence-corrected chi connectivity index (χ1v) is 8.27. The third-order valence-corrected chi connectivity index (χ3v) is 5.65. The Labute approximate surface area is 123 Å². The largest absolute Gasteiger partial charge is 0.386 e. The van der Waals surface area contributed by atoms with Crippen LogP contribution in [0.5, 0.6) is 0 Å². The van der Waals surface area contributed by atoms with Crippen molar-refractivity contribution in [1.82, 2.24) is 10.2 Å². The average molecular weight is 294 g/mol. The van der Waals surface area contributed by atoms with E-state index in [4.69, 9.17) is 0 Å². The summed E-state index contributed by atoms with van der Waals surface area (Å²) in [5.74, 6) is 0.199. The van der Waals surface area contributed by atoms with Gasteiger partial charge in [0.1, 0.15) is 6.10 Å². The second-order valence-corrected chi connectivity index (χ2v) is 7.03. The zero-order valence-electron chi connectivity index (χ0n) is 11.7. The summed E-state index contributed by atoms with van der Waals surface area (Å²) in [5, 5.41) is 15.6. The minimum Gasteiger partial charge on any atom is -0.386 e. The van der Waals surface area contributed by atoms with Crippen LogP contribution < -0.4 is 5.32 Å². The summed E-state index contributed by atoms with van der Waals surface area (Å²) in [4.78, 5) is 15.0. The number of carbonyl (C=O) groups excluding carboxylic acids is 1. The van der Waals surface area contributed by atoms with E-state index in [9.17, 15) is 9.90 Å². The van der Waals surface area contributed by atoms with Gasteiger partial charge < -0.3 is 15.3 Å². The fraction of sp³-hybridized carbons (Fsp3) is 0.667. The molecule has 1 aromatic heterocycles. The number of hydrogen-bond donors (Lipinski definition) is 2. The standard InChI is InChI=1S/C15H22N2O2S/c18-12(13-2-1-9-20-13)10-17-11-15(4-3-14(17)19)5-7-16-8-6-15/h1-2,9,12,16,18H,3-8,10-11H2. The number of likely N-dealkylation sites (tertiary alicyclic amines) is 1. The molecule has 1 unspecified atom stereocenters.